The Morgan fingerprint density at radius 3 is 1.87 bits per heavy atom. The van der Waals surface area contributed by atoms with Gasteiger partial charge in [-0.3, -0.25) is 0 Å². The molecule has 0 saturated heterocycles. The molecule has 0 aromatic heterocycles. The number of aryl methyl sites for hydroxylation is 2. The molecule has 0 N–H and O–H groups in total. The van der Waals surface area contributed by atoms with E-state index in [-0.39, 0.29) is 24.8 Å². The molecule has 47 heavy (non-hydrogen) atoms. The summed E-state index contributed by atoms with van der Waals surface area (Å²) in [5.41, 5.74) is 9.25. The normalized spacial score (nSPS) is 10.5. The van der Waals surface area contributed by atoms with Crippen LogP contribution in [0.3, 0.4) is 0 Å². The third-order valence-corrected chi connectivity index (χ3v) is 9.51. The molecule has 0 unspecified atom stereocenters. The van der Waals surface area contributed by atoms with Crippen LogP contribution in [0.15, 0.2) is 73.3 Å². The molecule has 0 saturated carbocycles. The predicted octanol–water partition coefficient (Wildman–Crippen LogP) is 0.815. The topological polar surface area (TPSA) is 38.3 Å². The number of hydrogen-bond acceptors (Lipinski definition) is 6. The molecule has 0 fully saturated rings. The lowest BCUT2D eigenvalue weighted by molar-refractivity contribution is -0.001000. The summed E-state index contributed by atoms with van der Waals surface area (Å²) in [6.45, 7) is 9.15. The van der Waals surface area contributed by atoms with E-state index in [1.165, 1.54) is 52.4 Å². The van der Waals surface area contributed by atoms with Gasteiger partial charge in [-0.2, -0.15) is 0 Å². The zero-order valence-electron chi connectivity index (χ0n) is 30.2. The van der Waals surface area contributed by atoms with E-state index in [0.717, 1.165) is 22.4 Å². The lowest BCUT2D eigenvalue weighted by Gasteiger charge is -2.16. The minimum absolute atomic E-state index is 0. The summed E-state index contributed by atoms with van der Waals surface area (Å²) in [6, 6.07) is 22.1. The number of benzene rings is 4. The summed E-state index contributed by atoms with van der Waals surface area (Å²) in [5, 5.41) is 2.43. The van der Waals surface area contributed by atoms with Crippen molar-refractivity contribution in [3.63, 3.8) is 0 Å². The quantitative estimate of drug-likeness (QED) is 0.115. The molecule has 0 bridgehead atoms. The van der Waals surface area contributed by atoms with Gasteiger partial charge in [-0.15, -0.1) is 29.3 Å². The maximum absolute atomic E-state index is 6.39. The fourth-order valence-corrected chi connectivity index (χ4v) is 7.04. The van der Waals surface area contributed by atoms with Gasteiger partial charge in [0.05, 0.1) is 42.9 Å². The Hall–Kier alpha value is -3.56. The van der Waals surface area contributed by atoms with Crippen LogP contribution < -0.4 is 54.5 Å². The molecule has 10 heteroatoms. The molecule has 250 valence electrons. The first kappa shape index (κ1) is 37.9. The molecule has 2 aromatic carbocycles. The van der Waals surface area contributed by atoms with E-state index in [4.69, 9.17) is 11.3 Å². The van der Waals surface area contributed by atoms with Crippen molar-refractivity contribution in [3.8, 4) is 21.1 Å². The van der Waals surface area contributed by atoms with E-state index in [1.807, 2.05) is 11.3 Å². The molecule has 6 rings (SSSR count). The number of anilines is 2. The maximum atomic E-state index is 6.39. The minimum Gasteiger partial charge on any atom is -1.00 e. The Labute approximate surface area is 301 Å². The molecule has 2 aromatic rings. The summed E-state index contributed by atoms with van der Waals surface area (Å²) >= 11 is 3.63. The average Bonchev–Trinajstić information content (AvgIpc) is 2.98. The van der Waals surface area contributed by atoms with Gasteiger partial charge in [0.2, 0.25) is 10.7 Å². The van der Waals surface area contributed by atoms with Crippen LogP contribution >= 0.6 is 22.7 Å². The molecule has 0 spiro atoms. The minimum atomic E-state index is 0. The van der Waals surface area contributed by atoms with Gasteiger partial charge in [-0.05, 0) is 68.3 Å². The SMILES string of the molecule is Cc1cc(=[N+]([13CH3])[13CH3])cc2sc3cc(N([13CH3])[13CH3])cc(C)c3nc1-2.[13CH3]N([13CH3])c1ccc2nc3ccc(=[N+]([13CH3])[13CH3])cc-3sc2c1.[3H][13C](=C)C.[Cl-].[Cl-]. The zero-order chi connectivity index (χ0) is 33.9. The van der Waals surface area contributed by atoms with E-state index in [9.17, 15) is 0 Å². The average molecular weight is 721 g/mol. The van der Waals surface area contributed by atoms with Crippen LogP contribution in [0, 0.1) is 13.8 Å². The second-order valence-electron chi connectivity index (χ2n) is 11.9. The van der Waals surface area contributed by atoms with E-state index in [0.29, 0.717) is 6.05 Å². The highest BCUT2D eigenvalue weighted by atomic mass is 35.5. The van der Waals surface area contributed by atoms with E-state index in [1.54, 1.807) is 18.3 Å². The molecule has 2 heterocycles. The van der Waals surface area contributed by atoms with Crippen molar-refractivity contribution >= 4 is 54.5 Å². The van der Waals surface area contributed by atoms with E-state index in [2.05, 4.69) is 156 Å². The molecule has 2 aliphatic carbocycles. The van der Waals surface area contributed by atoms with Crippen LogP contribution in [-0.4, -0.2) is 66.3 Å². The van der Waals surface area contributed by atoms with Gasteiger partial charge in [-0.1, -0.05) is 6.05 Å². The highest BCUT2D eigenvalue weighted by Crippen LogP contribution is 2.35. The molecule has 0 radical (unpaired) electrons. The molecular weight excluding hydrogens is 672 g/mol. The van der Waals surface area contributed by atoms with Gasteiger partial charge in [0, 0.05) is 63.8 Å². The summed E-state index contributed by atoms with van der Waals surface area (Å²) in [6.07, 6.45) is 0. The molecule has 0 amide bonds. The first-order valence-electron chi connectivity index (χ1n) is 15.3. The van der Waals surface area contributed by atoms with Crippen molar-refractivity contribution in [1.82, 2.24) is 19.1 Å². The van der Waals surface area contributed by atoms with Gasteiger partial charge in [0.25, 0.3) is 0 Å². The number of hydrogen-bond donors (Lipinski definition) is 0. The second kappa shape index (κ2) is 17.0. The number of rotatable bonds is 2. The third-order valence-electron chi connectivity index (χ3n) is 7.36. The maximum Gasteiger partial charge on any atom is 0.201 e. The summed E-state index contributed by atoms with van der Waals surface area (Å²) < 4.78 is 13.1. The largest absolute Gasteiger partial charge is 1.00 e. The van der Waals surface area contributed by atoms with Gasteiger partial charge in [0.1, 0.15) is 28.2 Å². The van der Waals surface area contributed by atoms with Crippen molar-refractivity contribution < 1.29 is 26.2 Å². The standard InChI is InChI=1S/C18H22N3S.C16H18N3S.C3H6.2ClH/c1-11-7-13(20(3)4)9-15-17(11)19-18-12(2)8-14(21(5)6)10-16(18)22-15;1-18(2)11-5-7-13-15(9-11)20-16-10-12(19(3)4)6-8-14(16)17-13;1-3-2;;/h7-10H,1-6H3;5-10H,1-4H3;3H,1H2,2H3;2*1H/q2*+1;;;/p-2/i3+1,4+1,5+1,6+1;1+1,2+1,3+1,4+1;3+1T;;. The van der Waals surface area contributed by atoms with Gasteiger partial charge >= 0.3 is 0 Å². The van der Waals surface area contributed by atoms with E-state index < -0.39 is 0 Å². The van der Waals surface area contributed by atoms with Crippen molar-refractivity contribution in [2.24, 2.45) is 0 Å². The van der Waals surface area contributed by atoms with E-state index >= 15 is 0 Å². The lowest BCUT2D eigenvalue weighted by Crippen LogP contribution is -3.00. The lowest BCUT2D eigenvalue weighted by atomic mass is 10.1. The van der Waals surface area contributed by atoms with Crippen molar-refractivity contribution in [1.29, 1.82) is 0 Å². The molecule has 0 atom stereocenters. The molecular formula is C37H46Cl2N6S2. The van der Waals surface area contributed by atoms with Crippen LogP contribution in [0.5, 0.6) is 0 Å². The zero-order valence-corrected chi connectivity index (χ0v) is 32.4. The Morgan fingerprint density at radius 2 is 1.28 bits per heavy atom. The monoisotopic (exact) mass is 719 g/mol. The molecule has 2 aliphatic heterocycles. The van der Waals surface area contributed by atoms with Crippen LogP contribution in [-0.2, 0) is 0 Å². The summed E-state index contributed by atoms with van der Waals surface area (Å²) in [7, 11) is 16.5. The first-order chi connectivity index (χ1) is 21.6. The van der Waals surface area contributed by atoms with Gasteiger partial charge < -0.3 is 34.6 Å². The Balaban J connectivity index is 0.000000290. The molecule has 4 aliphatic rings. The number of nitrogens with zero attached hydrogens (tertiary/aromatic N) is 6. The first-order valence-corrected chi connectivity index (χ1v) is 16.5. The summed E-state index contributed by atoms with van der Waals surface area (Å²) in [4.78, 5) is 16.4. The second-order valence-corrected chi connectivity index (χ2v) is 14.0. The Kier molecular flexibility index (Phi) is 13.7. The van der Waals surface area contributed by atoms with Gasteiger partial charge in [0.15, 0.2) is 0 Å². The van der Waals surface area contributed by atoms with Gasteiger partial charge in [-0.25, -0.2) is 19.1 Å². The van der Waals surface area contributed by atoms with Crippen LogP contribution in [0.1, 0.15) is 19.4 Å². The summed E-state index contributed by atoms with van der Waals surface area (Å²) in [5.74, 6) is 0. The molecule has 6 nitrogen and oxygen atoms in total. The number of allylic oxidation sites excluding steroid dienone is 1. The predicted molar refractivity (Wildman–Crippen MR) is 201 cm³/mol. The highest BCUT2D eigenvalue weighted by Gasteiger charge is 2.15. The fraction of sp³-hybridized carbons (Fsp3) is 0.297. The highest BCUT2D eigenvalue weighted by molar-refractivity contribution is 7.21. The van der Waals surface area contributed by atoms with Crippen LogP contribution in [0.4, 0.5) is 11.4 Å². The van der Waals surface area contributed by atoms with Crippen LogP contribution in [0.25, 0.3) is 41.6 Å². The number of fused-ring (bicyclic) bond motifs is 4. The number of halogens is 2. The van der Waals surface area contributed by atoms with Crippen LogP contribution in [0.2, 0.25) is 0 Å². The third kappa shape index (κ3) is 9.29. The Bertz CT molecular complexity index is 2120. The van der Waals surface area contributed by atoms with Crippen molar-refractivity contribution in [2.75, 3.05) is 66.2 Å². The van der Waals surface area contributed by atoms with Crippen molar-refractivity contribution in [2.45, 2.75) is 20.8 Å². The van der Waals surface area contributed by atoms with Crippen molar-refractivity contribution in [3.05, 3.63) is 95.1 Å². The smallest absolute Gasteiger partial charge is 0.201 e. The number of aromatic nitrogens is 2. The Morgan fingerprint density at radius 1 is 0.702 bits per heavy atom. The fourth-order valence-electron chi connectivity index (χ4n) is 4.80.